The number of nitrogens with zero attached hydrogens (tertiary/aromatic N) is 3. The molecule has 2 heterocycles. The average molecular weight is 484 g/mol. The summed E-state index contributed by atoms with van der Waals surface area (Å²) in [7, 11) is 0. The summed E-state index contributed by atoms with van der Waals surface area (Å²) in [6, 6.07) is 11.8. The van der Waals surface area contributed by atoms with Gasteiger partial charge >= 0.3 is 0 Å². The molecule has 1 atom stereocenters. The third-order valence-corrected chi connectivity index (χ3v) is 7.80. The summed E-state index contributed by atoms with van der Waals surface area (Å²) in [4.78, 5) is 19.8. The lowest BCUT2D eigenvalue weighted by Crippen LogP contribution is -2.49. The number of carbonyl (C=O) groups excluding carboxylic acids is 1. The van der Waals surface area contributed by atoms with Crippen LogP contribution in [-0.4, -0.2) is 73.0 Å². The van der Waals surface area contributed by atoms with E-state index in [4.69, 9.17) is 16.3 Å². The van der Waals surface area contributed by atoms with Gasteiger partial charge < -0.3 is 14.5 Å². The van der Waals surface area contributed by atoms with Gasteiger partial charge in [0.1, 0.15) is 5.75 Å². The number of rotatable bonds is 8. The molecule has 5 nitrogen and oxygen atoms in total. The van der Waals surface area contributed by atoms with E-state index in [1.54, 1.807) is 12.1 Å². The van der Waals surface area contributed by atoms with Crippen LogP contribution >= 0.6 is 11.6 Å². The van der Waals surface area contributed by atoms with Crippen molar-refractivity contribution >= 4 is 17.5 Å². The molecule has 2 saturated heterocycles. The number of likely N-dealkylation sites (tertiary alicyclic amines) is 1. The van der Waals surface area contributed by atoms with E-state index in [2.05, 4.69) is 42.7 Å². The first kappa shape index (κ1) is 25.0. The third kappa shape index (κ3) is 5.94. The molecule has 6 heteroatoms. The van der Waals surface area contributed by atoms with Crippen LogP contribution in [0.2, 0.25) is 5.02 Å². The van der Waals surface area contributed by atoms with Crippen LogP contribution in [0.1, 0.15) is 59.3 Å². The summed E-state index contributed by atoms with van der Waals surface area (Å²) in [6.07, 6.45) is 3.76. The lowest BCUT2D eigenvalue weighted by molar-refractivity contribution is 0.0581. The highest BCUT2D eigenvalue weighted by molar-refractivity contribution is 6.30. The Hall–Kier alpha value is -2.08. The monoisotopic (exact) mass is 483 g/mol. The fraction of sp³-hybridized carbons (Fsp3) is 0.536. The predicted molar refractivity (Wildman–Crippen MR) is 139 cm³/mol. The Morgan fingerprint density at radius 1 is 0.941 bits per heavy atom. The van der Waals surface area contributed by atoms with E-state index < -0.39 is 0 Å². The number of halogens is 1. The molecule has 0 saturated carbocycles. The molecule has 1 amide bonds. The van der Waals surface area contributed by atoms with E-state index in [9.17, 15) is 4.79 Å². The van der Waals surface area contributed by atoms with Gasteiger partial charge in [0.15, 0.2) is 0 Å². The first-order chi connectivity index (χ1) is 16.4. The maximum absolute atomic E-state index is 12.8. The largest absolute Gasteiger partial charge is 0.493 e. The van der Waals surface area contributed by atoms with Crippen molar-refractivity contribution in [2.75, 3.05) is 52.4 Å². The zero-order valence-electron chi connectivity index (χ0n) is 20.9. The summed E-state index contributed by atoms with van der Waals surface area (Å²) in [5.74, 6) is 1.09. The topological polar surface area (TPSA) is 36.0 Å². The van der Waals surface area contributed by atoms with Crippen LogP contribution in [0.3, 0.4) is 0 Å². The maximum Gasteiger partial charge on any atom is 0.253 e. The molecule has 1 unspecified atom stereocenters. The van der Waals surface area contributed by atoms with Gasteiger partial charge in [-0.3, -0.25) is 9.69 Å². The van der Waals surface area contributed by atoms with Gasteiger partial charge in [-0.1, -0.05) is 17.7 Å². The van der Waals surface area contributed by atoms with Crippen molar-refractivity contribution in [3.63, 3.8) is 0 Å². The fourth-order valence-corrected chi connectivity index (χ4v) is 5.31. The second-order valence-corrected chi connectivity index (χ2v) is 10.1. The van der Waals surface area contributed by atoms with Crippen molar-refractivity contribution in [3.8, 4) is 5.75 Å². The first-order valence-electron chi connectivity index (χ1n) is 12.7. The Kier molecular flexibility index (Phi) is 8.51. The van der Waals surface area contributed by atoms with Crippen molar-refractivity contribution in [1.82, 2.24) is 14.7 Å². The number of ether oxygens (including phenoxy) is 1. The number of hydrogen-bond acceptors (Lipinski definition) is 4. The van der Waals surface area contributed by atoms with Gasteiger partial charge in [-0.05, 0) is 100 Å². The van der Waals surface area contributed by atoms with Gasteiger partial charge in [0.05, 0.1) is 6.61 Å². The minimum atomic E-state index is 0.0854. The van der Waals surface area contributed by atoms with Gasteiger partial charge in [0.25, 0.3) is 5.91 Å². The SMILES string of the molecule is Cc1c(OCCCN2CCCC2)ccc(C(C)N2CCN(C(=O)c3ccc(Cl)cc3)CC2)c1C. The maximum atomic E-state index is 12.8. The van der Waals surface area contributed by atoms with Crippen molar-refractivity contribution in [2.45, 2.75) is 46.1 Å². The van der Waals surface area contributed by atoms with Gasteiger partial charge in [-0.2, -0.15) is 0 Å². The molecule has 4 rings (SSSR count). The highest BCUT2D eigenvalue weighted by atomic mass is 35.5. The van der Waals surface area contributed by atoms with Crippen LogP contribution < -0.4 is 4.74 Å². The molecule has 2 aromatic rings. The van der Waals surface area contributed by atoms with Crippen LogP contribution in [-0.2, 0) is 0 Å². The summed E-state index contributed by atoms with van der Waals surface area (Å²) in [5, 5.41) is 0.652. The molecular weight excluding hydrogens is 446 g/mol. The number of amides is 1. The summed E-state index contributed by atoms with van der Waals surface area (Å²) < 4.78 is 6.15. The molecule has 2 fully saturated rings. The zero-order valence-corrected chi connectivity index (χ0v) is 21.6. The number of carbonyl (C=O) groups is 1. The van der Waals surface area contributed by atoms with E-state index in [0.29, 0.717) is 16.6 Å². The summed E-state index contributed by atoms with van der Waals surface area (Å²) in [5.41, 5.74) is 4.60. The Bertz CT molecular complexity index is 964. The highest BCUT2D eigenvalue weighted by Crippen LogP contribution is 2.31. The quantitative estimate of drug-likeness (QED) is 0.475. The minimum Gasteiger partial charge on any atom is -0.493 e. The molecule has 2 aromatic carbocycles. The lowest BCUT2D eigenvalue weighted by Gasteiger charge is -2.39. The van der Waals surface area contributed by atoms with Gasteiger partial charge in [-0.25, -0.2) is 0 Å². The van der Waals surface area contributed by atoms with E-state index in [1.807, 2.05) is 17.0 Å². The van der Waals surface area contributed by atoms with Crippen molar-refractivity contribution < 1.29 is 9.53 Å². The zero-order chi connectivity index (χ0) is 24.1. The average Bonchev–Trinajstić information content (AvgIpc) is 3.38. The normalized spacial score (nSPS) is 18.3. The smallest absolute Gasteiger partial charge is 0.253 e. The van der Waals surface area contributed by atoms with Crippen LogP contribution in [0, 0.1) is 13.8 Å². The second-order valence-electron chi connectivity index (χ2n) is 9.66. The number of hydrogen-bond donors (Lipinski definition) is 0. The predicted octanol–water partition coefficient (Wildman–Crippen LogP) is 5.34. The van der Waals surface area contributed by atoms with Gasteiger partial charge in [0.2, 0.25) is 0 Å². The van der Waals surface area contributed by atoms with Crippen LogP contribution in [0.5, 0.6) is 5.75 Å². The van der Waals surface area contributed by atoms with Crippen molar-refractivity contribution in [1.29, 1.82) is 0 Å². The van der Waals surface area contributed by atoms with Crippen molar-refractivity contribution in [2.24, 2.45) is 0 Å². The Morgan fingerprint density at radius 3 is 2.29 bits per heavy atom. The first-order valence-corrected chi connectivity index (χ1v) is 13.1. The summed E-state index contributed by atoms with van der Waals surface area (Å²) >= 11 is 5.96. The molecule has 0 spiro atoms. The van der Waals surface area contributed by atoms with Crippen LogP contribution in [0.15, 0.2) is 36.4 Å². The lowest BCUT2D eigenvalue weighted by atomic mass is 9.96. The van der Waals surface area contributed by atoms with Gasteiger partial charge in [-0.15, -0.1) is 0 Å². The molecule has 0 N–H and O–H groups in total. The Labute approximate surface area is 209 Å². The van der Waals surface area contributed by atoms with Crippen LogP contribution in [0.4, 0.5) is 0 Å². The molecule has 2 aliphatic rings. The number of benzene rings is 2. The standard InChI is InChI=1S/C28H38ClN3O2/c1-21-22(2)27(34-20-6-15-30-13-4-5-14-30)12-11-26(21)23(3)31-16-18-32(19-17-31)28(33)24-7-9-25(29)10-8-24/h7-12,23H,4-6,13-20H2,1-3H3. The fourth-order valence-electron chi connectivity index (χ4n) is 5.19. The Balaban J connectivity index is 1.30. The third-order valence-electron chi connectivity index (χ3n) is 7.54. The number of piperazine rings is 1. The molecular formula is C28H38ClN3O2. The van der Waals surface area contributed by atoms with Gasteiger partial charge in [0, 0.05) is 49.4 Å². The van der Waals surface area contributed by atoms with E-state index in [1.165, 1.54) is 42.6 Å². The van der Waals surface area contributed by atoms with Crippen LogP contribution in [0.25, 0.3) is 0 Å². The molecule has 2 aliphatic heterocycles. The van der Waals surface area contributed by atoms with Crippen molar-refractivity contribution in [3.05, 3.63) is 63.7 Å². The molecule has 34 heavy (non-hydrogen) atoms. The van der Waals surface area contributed by atoms with E-state index in [0.717, 1.165) is 51.5 Å². The molecule has 0 aromatic heterocycles. The summed E-state index contributed by atoms with van der Waals surface area (Å²) in [6.45, 7) is 14.3. The second kappa shape index (κ2) is 11.6. The highest BCUT2D eigenvalue weighted by Gasteiger charge is 2.26. The van der Waals surface area contributed by atoms with E-state index >= 15 is 0 Å². The minimum absolute atomic E-state index is 0.0854. The van der Waals surface area contributed by atoms with E-state index in [-0.39, 0.29) is 5.91 Å². The molecule has 0 aliphatic carbocycles. The Morgan fingerprint density at radius 2 is 1.62 bits per heavy atom. The molecule has 184 valence electrons. The molecule has 0 bridgehead atoms. The molecule has 0 radical (unpaired) electrons.